The molecule has 0 aliphatic carbocycles. The third-order valence-electron chi connectivity index (χ3n) is 3.89. The van der Waals surface area contributed by atoms with Crippen molar-refractivity contribution in [2.24, 2.45) is 0 Å². The van der Waals surface area contributed by atoms with Gasteiger partial charge in [-0.15, -0.1) is 0 Å². The van der Waals surface area contributed by atoms with E-state index >= 15 is 0 Å². The van der Waals surface area contributed by atoms with Gasteiger partial charge in [-0.3, -0.25) is 9.52 Å². The lowest BCUT2D eigenvalue weighted by Gasteiger charge is -2.12. The van der Waals surface area contributed by atoms with E-state index in [-0.39, 0.29) is 16.5 Å². The topological polar surface area (TPSA) is 75.3 Å². The van der Waals surface area contributed by atoms with E-state index in [1.807, 2.05) is 0 Å². The third kappa shape index (κ3) is 3.32. The van der Waals surface area contributed by atoms with E-state index in [0.717, 1.165) is 18.2 Å². The fourth-order valence-corrected chi connectivity index (χ4v) is 3.62. The number of carbonyl (C=O) groups excluding carboxylic acids is 1. The zero-order valence-electron chi connectivity index (χ0n) is 12.9. The maximum absolute atomic E-state index is 12.7. The minimum Gasteiger partial charge on any atom is -0.325 e. The standard InChI is InChI=1S/C16H13F3N2O3S/c1-9-13-8-12(5-6-14(13)20-15(9)22)25(23,24)21-11-4-2-3-10(7-11)16(17,18)19/h2-9,21H,1H3,(H,20,22)/t9-/m0/s1. The second kappa shape index (κ2) is 5.76. The van der Waals surface area contributed by atoms with Crippen molar-refractivity contribution in [3.05, 3.63) is 53.6 Å². The number of alkyl halides is 3. The first-order valence-corrected chi connectivity index (χ1v) is 8.71. The van der Waals surface area contributed by atoms with Gasteiger partial charge in [0, 0.05) is 11.4 Å². The van der Waals surface area contributed by atoms with Crippen LogP contribution in [0.1, 0.15) is 24.0 Å². The molecule has 0 fully saturated rings. The van der Waals surface area contributed by atoms with Crippen LogP contribution in [0.25, 0.3) is 0 Å². The minimum absolute atomic E-state index is 0.132. The molecule has 3 rings (SSSR count). The molecule has 1 aliphatic rings. The van der Waals surface area contributed by atoms with Gasteiger partial charge in [-0.25, -0.2) is 8.42 Å². The molecule has 9 heteroatoms. The number of rotatable bonds is 3. The van der Waals surface area contributed by atoms with Crippen molar-refractivity contribution >= 4 is 27.3 Å². The third-order valence-corrected chi connectivity index (χ3v) is 5.27. The zero-order valence-corrected chi connectivity index (χ0v) is 13.7. The molecule has 1 amide bonds. The lowest BCUT2D eigenvalue weighted by atomic mass is 10.0. The lowest BCUT2D eigenvalue weighted by Crippen LogP contribution is -2.14. The van der Waals surface area contributed by atoms with E-state index in [9.17, 15) is 26.4 Å². The van der Waals surface area contributed by atoms with Crippen molar-refractivity contribution in [1.29, 1.82) is 0 Å². The maximum atomic E-state index is 12.7. The number of halogens is 3. The van der Waals surface area contributed by atoms with E-state index in [1.165, 1.54) is 24.3 Å². The van der Waals surface area contributed by atoms with Gasteiger partial charge < -0.3 is 5.32 Å². The van der Waals surface area contributed by atoms with Crippen LogP contribution < -0.4 is 10.0 Å². The lowest BCUT2D eigenvalue weighted by molar-refractivity contribution is -0.137. The van der Waals surface area contributed by atoms with Crippen molar-refractivity contribution in [2.45, 2.75) is 23.9 Å². The molecule has 1 heterocycles. The maximum Gasteiger partial charge on any atom is 0.416 e. The normalized spacial score (nSPS) is 17.1. The van der Waals surface area contributed by atoms with Crippen molar-refractivity contribution in [3.8, 4) is 0 Å². The predicted molar refractivity (Wildman–Crippen MR) is 85.7 cm³/mol. The number of carbonyl (C=O) groups is 1. The fraction of sp³-hybridized carbons (Fsp3) is 0.188. The van der Waals surface area contributed by atoms with Crippen LogP contribution in [-0.4, -0.2) is 14.3 Å². The van der Waals surface area contributed by atoms with Gasteiger partial charge in [0.2, 0.25) is 5.91 Å². The fourth-order valence-electron chi connectivity index (χ4n) is 2.54. The first-order chi connectivity index (χ1) is 11.6. The highest BCUT2D eigenvalue weighted by molar-refractivity contribution is 7.92. The van der Waals surface area contributed by atoms with Gasteiger partial charge in [-0.05, 0) is 48.9 Å². The Morgan fingerprint density at radius 1 is 1.12 bits per heavy atom. The van der Waals surface area contributed by atoms with E-state index < -0.39 is 27.7 Å². The number of hydrogen-bond acceptors (Lipinski definition) is 3. The molecule has 0 spiro atoms. The number of fused-ring (bicyclic) bond motifs is 1. The zero-order chi connectivity index (χ0) is 18.4. The molecule has 1 aliphatic heterocycles. The van der Waals surface area contributed by atoms with Gasteiger partial charge in [0.1, 0.15) is 0 Å². The molecule has 132 valence electrons. The Hall–Kier alpha value is -2.55. The molecular formula is C16H13F3N2O3S. The summed E-state index contributed by atoms with van der Waals surface area (Å²) in [4.78, 5) is 11.5. The average molecular weight is 370 g/mol. The van der Waals surface area contributed by atoms with Gasteiger partial charge >= 0.3 is 6.18 Å². The minimum atomic E-state index is -4.57. The number of nitrogens with one attached hydrogen (secondary N) is 2. The van der Waals surface area contributed by atoms with Crippen LogP contribution in [-0.2, 0) is 21.0 Å². The highest BCUT2D eigenvalue weighted by Gasteiger charge is 2.31. The van der Waals surface area contributed by atoms with Gasteiger partial charge in [0.05, 0.1) is 16.4 Å². The second-order valence-corrected chi connectivity index (χ2v) is 7.33. The Bertz CT molecular complexity index is 955. The van der Waals surface area contributed by atoms with Gasteiger partial charge in [-0.1, -0.05) is 6.07 Å². The van der Waals surface area contributed by atoms with Crippen molar-refractivity contribution in [1.82, 2.24) is 0 Å². The summed E-state index contributed by atoms with van der Waals surface area (Å²) >= 11 is 0. The van der Waals surface area contributed by atoms with Crippen LogP contribution in [0.3, 0.4) is 0 Å². The van der Waals surface area contributed by atoms with E-state index in [0.29, 0.717) is 11.3 Å². The Labute approximate surface area is 141 Å². The van der Waals surface area contributed by atoms with Crippen LogP contribution in [0.4, 0.5) is 24.5 Å². The summed E-state index contributed by atoms with van der Waals surface area (Å²) in [6.45, 7) is 1.64. The van der Waals surface area contributed by atoms with Crippen LogP contribution in [0.2, 0.25) is 0 Å². The van der Waals surface area contributed by atoms with E-state index in [1.54, 1.807) is 6.92 Å². The van der Waals surface area contributed by atoms with Crippen molar-refractivity contribution in [2.75, 3.05) is 10.0 Å². The highest BCUT2D eigenvalue weighted by atomic mass is 32.2. The summed E-state index contributed by atoms with van der Waals surface area (Å²) in [6.07, 6.45) is -4.57. The molecule has 0 radical (unpaired) electrons. The molecule has 5 nitrogen and oxygen atoms in total. The molecule has 1 atom stereocenters. The number of sulfonamides is 1. The number of hydrogen-bond donors (Lipinski definition) is 2. The summed E-state index contributed by atoms with van der Waals surface area (Å²) in [5.41, 5.74) is -0.102. The Morgan fingerprint density at radius 3 is 2.52 bits per heavy atom. The molecule has 2 N–H and O–H groups in total. The van der Waals surface area contributed by atoms with Crippen molar-refractivity contribution in [3.63, 3.8) is 0 Å². The van der Waals surface area contributed by atoms with Crippen LogP contribution in [0.15, 0.2) is 47.4 Å². The van der Waals surface area contributed by atoms with E-state index in [2.05, 4.69) is 10.0 Å². The number of anilines is 2. The number of amides is 1. The Morgan fingerprint density at radius 2 is 1.84 bits per heavy atom. The molecule has 0 saturated heterocycles. The largest absolute Gasteiger partial charge is 0.416 e. The first kappa shape index (κ1) is 17.3. The van der Waals surface area contributed by atoms with Crippen LogP contribution in [0.5, 0.6) is 0 Å². The van der Waals surface area contributed by atoms with Gasteiger partial charge in [-0.2, -0.15) is 13.2 Å². The molecular weight excluding hydrogens is 357 g/mol. The van der Waals surface area contributed by atoms with Gasteiger partial charge in [0.25, 0.3) is 10.0 Å². The SMILES string of the molecule is C[C@@H]1C(=O)Nc2ccc(S(=O)(=O)Nc3cccc(C(F)(F)F)c3)cc21. The highest BCUT2D eigenvalue weighted by Crippen LogP contribution is 2.35. The monoisotopic (exact) mass is 370 g/mol. The van der Waals surface area contributed by atoms with Crippen LogP contribution >= 0.6 is 0 Å². The van der Waals surface area contributed by atoms with Gasteiger partial charge in [0.15, 0.2) is 0 Å². The quantitative estimate of drug-likeness (QED) is 0.867. The molecule has 2 aromatic carbocycles. The summed E-state index contributed by atoms with van der Waals surface area (Å²) in [5.74, 6) is -0.742. The second-order valence-electron chi connectivity index (χ2n) is 5.64. The summed E-state index contributed by atoms with van der Waals surface area (Å²) in [6, 6.07) is 8.01. The Balaban J connectivity index is 1.93. The molecule has 25 heavy (non-hydrogen) atoms. The summed E-state index contributed by atoms with van der Waals surface area (Å²) in [7, 11) is -4.09. The molecule has 0 aromatic heterocycles. The van der Waals surface area contributed by atoms with Crippen LogP contribution in [0, 0.1) is 0 Å². The summed E-state index contributed by atoms with van der Waals surface area (Å²) < 4.78 is 65.2. The molecule has 0 saturated carbocycles. The van der Waals surface area contributed by atoms with E-state index in [4.69, 9.17) is 0 Å². The van der Waals surface area contributed by atoms with Crippen molar-refractivity contribution < 1.29 is 26.4 Å². The first-order valence-electron chi connectivity index (χ1n) is 7.23. The summed E-state index contributed by atoms with van der Waals surface area (Å²) in [5, 5.41) is 2.62. The smallest absolute Gasteiger partial charge is 0.325 e. The molecule has 2 aromatic rings. The Kier molecular flexibility index (Phi) is 3.98. The predicted octanol–water partition coefficient (Wildman–Crippen LogP) is 3.56. The average Bonchev–Trinajstić information content (AvgIpc) is 2.81. The molecule has 0 bridgehead atoms. The number of benzene rings is 2. The molecule has 0 unspecified atom stereocenters.